The Morgan fingerprint density at radius 1 is 1.22 bits per heavy atom. The van der Waals surface area contributed by atoms with E-state index in [-0.39, 0.29) is 0 Å². The summed E-state index contributed by atoms with van der Waals surface area (Å²) in [5, 5.41) is 3.70. The fourth-order valence-electron chi connectivity index (χ4n) is 4.20. The zero-order valence-corrected chi connectivity index (χ0v) is 11.7. The third kappa shape index (κ3) is 2.59. The highest BCUT2D eigenvalue weighted by atomic mass is 16.5. The second-order valence-corrected chi connectivity index (χ2v) is 6.26. The minimum absolute atomic E-state index is 0.557. The van der Waals surface area contributed by atoms with Gasteiger partial charge in [-0.05, 0) is 51.5 Å². The van der Waals surface area contributed by atoms with Crippen molar-refractivity contribution in [3.05, 3.63) is 0 Å². The van der Waals surface area contributed by atoms with Crippen LogP contribution in [-0.4, -0.2) is 48.8 Å². The normalized spacial score (nSPS) is 41.2. The molecule has 0 bridgehead atoms. The van der Waals surface area contributed by atoms with Crippen molar-refractivity contribution < 1.29 is 4.74 Å². The molecule has 0 spiro atoms. The van der Waals surface area contributed by atoms with Crippen molar-refractivity contribution in [2.75, 3.05) is 19.7 Å². The van der Waals surface area contributed by atoms with Crippen molar-refractivity contribution in [2.45, 2.75) is 76.1 Å². The van der Waals surface area contributed by atoms with Crippen molar-refractivity contribution in [1.82, 2.24) is 10.2 Å². The van der Waals surface area contributed by atoms with Gasteiger partial charge in [0.2, 0.25) is 0 Å². The van der Waals surface area contributed by atoms with Crippen LogP contribution in [0, 0.1) is 0 Å². The summed E-state index contributed by atoms with van der Waals surface area (Å²) in [5.41, 5.74) is 0. The summed E-state index contributed by atoms with van der Waals surface area (Å²) < 4.78 is 5.93. The Morgan fingerprint density at radius 2 is 2.17 bits per heavy atom. The van der Waals surface area contributed by atoms with E-state index in [1.165, 1.54) is 58.0 Å². The molecular formula is C15H28N2O. The molecule has 1 saturated heterocycles. The summed E-state index contributed by atoms with van der Waals surface area (Å²) in [6.07, 6.45) is 9.98. The molecule has 2 aliphatic carbocycles. The number of nitrogens with zero attached hydrogens (tertiary/aromatic N) is 1. The predicted molar refractivity (Wildman–Crippen MR) is 73.8 cm³/mol. The van der Waals surface area contributed by atoms with Crippen molar-refractivity contribution in [1.29, 1.82) is 0 Å². The molecule has 0 aromatic rings. The number of hydrogen-bond acceptors (Lipinski definition) is 3. The first-order valence-electron chi connectivity index (χ1n) is 7.99. The Bertz CT molecular complexity index is 271. The van der Waals surface area contributed by atoms with E-state index >= 15 is 0 Å². The molecule has 0 aromatic heterocycles. The number of morpholine rings is 1. The first-order valence-corrected chi connectivity index (χ1v) is 7.99. The van der Waals surface area contributed by atoms with Gasteiger partial charge in [0, 0.05) is 24.7 Å². The predicted octanol–water partition coefficient (Wildman–Crippen LogP) is 2.16. The van der Waals surface area contributed by atoms with Crippen LogP contribution in [0.3, 0.4) is 0 Å². The van der Waals surface area contributed by atoms with Gasteiger partial charge in [0.25, 0.3) is 0 Å². The third-order valence-electron chi connectivity index (χ3n) is 5.08. The standard InChI is InChI=1S/C15H28N2O/c1-2-8-16-12-6-7-13(11-12)17-9-10-18-15-5-3-4-14(15)17/h12-16H,2-11H2,1H3. The van der Waals surface area contributed by atoms with Crippen LogP contribution in [0.4, 0.5) is 0 Å². The average molecular weight is 252 g/mol. The highest BCUT2D eigenvalue weighted by molar-refractivity contribution is 4.96. The number of nitrogens with one attached hydrogen (secondary N) is 1. The largest absolute Gasteiger partial charge is 0.375 e. The highest BCUT2D eigenvalue weighted by Crippen LogP contribution is 2.35. The monoisotopic (exact) mass is 252 g/mol. The molecule has 3 rings (SSSR count). The van der Waals surface area contributed by atoms with E-state index in [4.69, 9.17) is 4.74 Å². The summed E-state index contributed by atoms with van der Waals surface area (Å²) in [6, 6.07) is 2.35. The van der Waals surface area contributed by atoms with Gasteiger partial charge in [0.1, 0.15) is 0 Å². The van der Waals surface area contributed by atoms with E-state index in [0.29, 0.717) is 6.10 Å². The Hall–Kier alpha value is -0.120. The molecule has 18 heavy (non-hydrogen) atoms. The molecule has 1 N–H and O–H groups in total. The lowest BCUT2D eigenvalue weighted by Gasteiger charge is -2.41. The molecular weight excluding hydrogens is 224 g/mol. The van der Waals surface area contributed by atoms with Crippen molar-refractivity contribution >= 4 is 0 Å². The molecule has 3 heteroatoms. The van der Waals surface area contributed by atoms with E-state index in [1.807, 2.05) is 0 Å². The zero-order chi connectivity index (χ0) is 12.4. The minimum Gasteiger partial charge on any atom is -0.375 e. The molecule has 0 radical (unpaired) electrons. The maximum Gasteiger partial charge on any atom is 0.0731 e. The Morgan fingerprint density at radius 3 is 3.06 bits per heavy atom. The van der Waals surface area contributed by atoms with Crippen LogP contribution in [0.5, 0.6) is 0 Å². The van der Waals surface area contributed by atoms with Crippen LogP contribution < -0.4 is 5.32 Å². The van der Waals surface area contributed by atoms with Gasteiger partial charge in [0.05, 0.1) is 12.7 Å². The topological polar surface area (TPSA) is 24.5 Å². The maximum absolute atomic E-state index is 5.93. The summed E-state index contributed by atoms with van der Waals surface area (Å²) in [6.45, 7) is 5.58. The van der Waals surface area contributed by atoms with Crippen molar-refractivity contribution in [3.63, 3.8) is 0 Å². The summed E-state index contributed by atoms with van der Waals surface area (Å²) in [5.74, 6) is 0. The van der Waals surface area contributed by atoms with E-state index in [9.17, 15) is 0 Å². The SMILES string of the molecule is CCCNC1CCC(N2CCOC3CCCC32)C1. The van der Waals surface area contributed by atoms with Crippen LogP contribution in [0.25, 0.3) is 0 Å². The van der Waals surface area contributed by atoms with Gasteiger partial charge in [0.15, 0.2) is 0 Å². The van der Waals surface area contributed by atoms with Crippen LogP contribution >= 0.6 is 0 Å². The molecule has 4 unspecified atom stereocenters. The second-order valence-electron chi connectivity index (χ2n) is 6.26. The second kappa shape index (κ2) is 5.89. The Kier molecular flexibility index (Phi) is 4.22. The number of hydrogen-bond donors (Lipinski definition) is 1. The fourth-order valence-corrected chi connectivity index (χ4v) is 4.20. The maximum atomic E-state index is 5.93. The van der Waals surface area contributed by atoms with Gasteiger partial charge in [-0.15, -0.1) is 0 Å². The molecule has 3 fully saturated rings. The van der Waals surface area contributed by atoms with E-state index in [2.05, 4.69) is 17.1 Å². The Balaban J connectivity index is 1.55. The van der Waals surface area contributed by atoms with Crippen LogP contribution in [0.15, 0.2) is 0 Å². The van der Waals surface area contributed by atoms with Crippen LogP contribution in [-0.2, 0) is 4.74 Å². The number of fused-ring (bicyclic) bond motifs is 1. The summed E-state index contributed by atoms with van der Waals surface area (Å²) >= 11 is 0. The molecule has 2 saturated carbocycles. The van der Waals surface area contributed by atoms with Gasteiger partial charge in [-0.3, -0.25) is 4.90 Å². The molecule has 1 heterocycles. The molecule has 104 valence electrons. The number of rotatable bonds is 4. The van der Waals surface area contributed by atoms with Gasteiger partial charge in [-0.1, -0.05) is 6.92 Å². The highest BCUT2D eigenvalue weighted by Gasteiger charge is 2.41. The first-order chi connectivity index (χ1) is 8.88. The van der Waals surface area contributed by atoms with Crippen LogP contribution in [0.2, 0.25) is 0 Å². The summed E-state index contributed by atoms with van der Waals surface area (Å²) in [7, 11) is 0. The summed E-state index contributed by atoms with van der Waals surface area (Å²) in [4.78, 5) is 2.80. The molecule has 0 aromatic carbocycles. The van der Waals surface area contributed by atoms with E-state index < -0.39 is 0 Å². The van der Waals surface area contributed by atoms with E-state index in [1.54, 1.807) is 0 Å². The fraction of sp³-hybridized carbons (Fsp3) is 1.00. The third-order valence-corrected chi connectivity index (χ3v) is 5.08. The average Bonchev–Trinajstić information content (AvgIpc) is 3.04. The quantitative estimate of drug-likeness (QED) is 0.830. The van der Waals surface area contributed by atoms with Crippen molar-refractivity contribution in [2.24, 2.45) is 0 Å². The molecule has 3 nitrogen and oxygen atoms in total. The van der Waals surface area contributed by atoms with Crippen molar-refractivity contribution in [3.8, 4) is 0 Å². The first kappa shape index (κ1) is 12.9. The number of ether oxygens (including phenoxy) is 1. The van der Waals surface area contributed by atoms with Crippen LogP contribution in [0.1, 0.15) is 51.9 Å². The smallest absolute Gasteiger partial charge is 0.0731 e. The lowest BCUT2D eigenvalue weighted by Crippen LogP contribution is -2.52. The zero-order valence-electron chi connectivity index (χ0n) is 11.7. The Labute approximate surface area is 111 Å². The van der Waals surface area contributed by atoms with Gasteiger partial charge in [-0.2, -0.15) is 0 Å². The molecule has 0 amide bonds. The molecule has 3 aliphatic rings. The van der Waals surface area contributed by atoms with Gasteiger partial charge >= 0.3 is 0 Å². The van der Waals surface area contributed by atoms with E-state index in [0.717, 1.165) is 24.7 Å². The lowest BCUT2D eigenvalue weighted by molar-refractivity contribution is -0.0709. The van der Waals surface area contributed by atoms with Gasteiger partial charge < -0.3 is 10.1 Å². The molecule has 1 aliphatic heterocycles. The minimum atomic E-state index is 0.557. The van der Waals surface area contributed by atoms with Gasteiger partial charge in [-0.25, -0.2) is 0 Å². The molecule has 4 atom stereocenters. The lowest BCUT2D eigenvalue weighted by atomic mass is 10.1.